The monoisotopic (exact) mass is 382 g/mol. The minimum Gasteiger partial charge on any atom is -0.396 e. The number of thioether (sulfide) groups is 1. The first kappa shape index (κ1) is 22.7. The van der Waals surface area contributed by atoms with Crippen molar-refractivity contribution in [3.8, 4) is 0 Å². The quantitative estimate of drug-likeness (QED) is 0.209. The lowest BCUT2D eigenvalue weighted by molar-refractivity contribution is -0.121. The molecular weight excluding hydrogens is 348 g/mol. The van der Waals surface area contributed by atoms with Crippen molar-refractivity contribution in [2.45, 2.75) is 65.0 Å². The maximum absolute atomic E-state index is 13.0. The van der Waals surface area contributed by atoms with Crippen LogP contribution in [0.2, 0.25) is 0 Å². The molecule has 26 heavy (non-hydrogen) atoms. The minimum absolute atomic E-state index is 0.183. The van der Waals surface area contributed by atoms with Crippen molar-refractivity contribution in [1.29, 1.82) is 0 Å². The van der Waals surface area contributed by atoms with Gasteiger partial charge in [0.05, 0.1) is 11.4 Å². The Morgan fingerprint density at radius 1 is 1.35 bits per heavy atom. The van der Waals surface area contributed by atoms with E-state index in [0.29, 0.717) is 30.8 Å². The van der Waals surface area contributed by atoms with E-state index in [1.807, 2.05) is 18.7 Å². The fourth-order valence-corrected chi connectivity index (χ4v) is 4.33. The van der Waals surface area contributed by atoms with Crippen LogP contribution in [0.3, 0.4) is 0 Å². The van der Waals surface area contributed by atoms with Crippen LogP contribution in [0.25, 0.3) is 0 Å². The molecule has 0 aromatic carbocycles. The van der Waals surface area contributed by atoms with Crippen molar-refractivity contribution in [2.75, 3.05) is 19.0 Å². The van der Waals surface area contributed by atoms with E-state index in [1.54, 1.807) is 6.08 Å². The van der Waals surface area contributed by atoms with Gasteiger partial charge in [0.25, 0.3) is 0 Å². The topological polar surface area (TPSA) is 60.2 Å². The maximum Gasteiger partial charge on any atom is 0.147 e. The van der Waals surface area contributed by atoms with Crippen molar-refractivity contribution in [3.05, 3.63) is 12.7 Å². The fraction of sp³-hybridized carbons (Fsp3) is 0.750. The average Bonchev–Trinajstić information content (AvgIpc) is 2.59. The summed E-state index contributed by atoms with van der Waals surface area (Å²) in [6.07, 6.45) is 5.66. The Kier molecular flexibility index (Phi) is 11.3. The Morgan fingerprint density at radius 3 is 2.73 bits per heavy atom. The van der Waals surface area contributed by atoms with E-state index in [2.05, 4.69) is 37.7 Å². The van der Waals surface area contributed by atoms with Crippen LogP contribution in [0.5, 0.6) is 0 Å². The third kappa shape index (κ3) is 7.52. The zero-order valence-corrected chi connectivity index (χ0v) is 17.5. The molecule has 0 amide bonds. The third-order valence-corrected chi connectivity index (χ3v) is 5.38. The number of Topliss-reactive ketones (excluding diaryl/α,β-unsaturated/α-hetero) is 1. The lowest BCUT2D eigenvalue weighted by Crippen LogP contribution is -2.39. The van der Waals surface area contributed by atoms with Gasteiger partial charge < -0.3 is 9.68 Å². The lowest BCUT2D eigenvalue weighted by atomic mass is 9.75. The summed E-state index contributed by atoms with van der Waals surface area (Å²) in [5.74, 6) is 1.18. The number of ketones is 1. The smallest absolute Gasteiger partial charge is 0.147 e. The van der Waals surface area contributed by atoms with Crippen LogP contribution in [-0.4, -0.2) is 41.4 Å². The molecule has 6 heteroatoms. The summed E-state index contributed by atoms with van der Waals surface area (Å²) in [5.41, 5.74) is 1.56. The highest BCUT2D eigenvalue weighted by Crippen LogP contribution is 2.32. The van der Waals surface area contributed by atoms with Gasteiger partial charge in [-0.2, -0.15) is 11.8 Å². The van der Waals surface area contributed by atoms with E-state index in [1.165, 1.54) is 0 Å². The largest absolute Gasteiger partial charge is 0.396 e. The van der Waals surface area contributed by atoms with Gasteiger partial charge in [0, 0.05) is 11.7 Å². The van der Waals surface area contributed by atoms with Crippen LogP contribution in [-0.2, 0) is 14.5 Å². The highest BCUT2D eigenvalue weighted by atomic mass is 32.2. The number of carbonyl (C=O) groups is 1. The zero-order valence-electron chi connectivity index (χ0n) is 16.7. The molecule has 148 valence electrons. The molecule has 1 saturated carbocycles. The highest BCUT2D eigenvalue weighted by molar-refractivity contribution is 7.99. The predicted molar refractivity (Wildman–Crippen MR) is 111 cm³/mol. The first-order valence-corrected chi connectivity index (χ1v) is 10.7. The molecule has 0 saturated heterocycles. The molecule has 3 atom stereocenters. The van der Waals surface area contributed by atoms with E-state index in [4.69, 9.17) is 9.68 Å². The highest BCUT2D eigenvalue weighted by Gasteiger charge is 2.38. The van der Waals surface area contributed by atoms with Gasteiger partial charge in [-0.05, 0) is 37.9 Å². The Labute approximate surface area is 162 Å². The Balaban J connectivity index is 3.01. The second-order valence-electron chi connectivity index (χ2n) is 6.59. The molecule has 1 fully saturated rings. The van der Waals surface area contributed by atoms with E-state index in [0.717, 1.165) is 42.9 Å². The Morgan fingerprint density at radius 2 is 2.12 bits per heavy atom. The number of nitrogens with zero attached hydrogens (tertiary/aromatic N) is 2. The van der Waals surface area contributed by atoms with Crippen LogP contribution in [0.4, 0.5) is 0 Å². The molecule has 0 heterocycles. The average molecular weight is 383 g/mol. The Hall–Kier alpha value is -1.30. The van der Waals surface area contributed by atoms with Crippen molar-refractivity contribution in [1.82, 2.24) is 0 Å². The van der Waals surface area contributed by atoms with Gasteiger partial charge in [-0.15, -0.1) is 0 Å². The first-order valence-electron chi connectivity index (χ1n) is 9.69. The van der Waals surface area contributed by atoms with Crippen molar-refractivity contribution in [2.24, 2.45) is 22.1 Å². The van der Waals surface area contributed by atoms with Gasteiger partial charge in [-0.3, -0.25) is 4.79 Å². The number of oxime groups is 2. The number of carbonyl (C=O) groups excluding carboxylic acids is 1. The second-order valence-corrected chi connectivity index (χ2v) is 8.31. The molecule has 1 aliphatic carbocycles. The molecule has 0 bridgehead atoms. The van der Waals surface area contributed by atoms with Crippen LogP contribution in [0.15, 0.2) is 23.0 Å². The van der Waals surface area contributed by atoms with Crippen molar-refractivity contribution in [3.63, 3.8) is 0 Å². The van der Waals surface area contributed by atoms with Crippen molar-refractivity contribution >= 4 is 29.0 Å². The van der Waals surface area contributed by atoms with Crippen molar-refractivity contribution < 1.29 is 14.5 Å². The number of rotatable bonds is 12. The summed E-state index contributed by atoms with van der Waals surface area (Å²) in [7, 11) is 0. The molecule has 1 aliphatic rings. The maximum atomic E-state index is 13.0. The van der Waals surface area contributed by atoms with Crippen LogP contribution < -0.4 is 0 Å². The molecule has 1 rings (SSSR count). The van der Waals surface area contributed by atoms with E-state index >= 15 is 0 Å². The van der Waals surface area contributed by atoms with Gasteiger partial charge in [0.2, 0.25) is 0 Å². The number of hydrogen-bond donors (Lipinski definition) is 0. The molecule has 5 nitrogen and oxygen atoms in total. The molecule has 0 aromatic rings. The summed E-state index contributed by atoms with van der Waals surface area (Å²) < 4.78 is 0. The number of hydrogen-bond acceptors (Lipinski definition) is 6. The van der Waals surface area contributed by atoms with Gasteiger partial charge in [0.15, 0.2) is 0 Å². The molecule has 0 aliphatic heterocycles. The zero-order chi connectivity index (χ0) is 19.4. The first-order chi connectivity index (χ1) is 12.6. The molecule has 0 spiro atoms. The third-order valence-electron chi connectivity index (χ3n) is 4.28. The second kappa shape index (κ2) is 13.0. The normalized spacial score (nSPS) is 23.8. The Bertz CT molecular complexity index is 505. The summed E-state index contributed by atoms with van der Waals surface area (Å²) >= 11 is 1.94. The van der Waals surface area contributed by atoms with Crippen LogP contribution in [0, 0.1) is 11.8 Å². The molecule has 3 unspecified atom stereocenters. The SMILES string of the molecule is C=CCON=C1CC(CC(C)SCC)CC(=O)C1C(CCC)=NOCC. The van der Waals surface area contributed by atoms with Gasteiger partial charge in [-0.25, -0.2) is 0 Å². The van der Waals surface area contributed by atoms with Crippen LogP contribution in [0.1, 0.15) is 59.8 Å². The lowest BCUT2D eigenvalue weighted by Gasteiger charge is -2.30. The summed E-state index contributed by atoms with van der Waals surface area (Å²) in [4.78, 5) is 23.6. The molecule has 0 N–H and O–H groups in total. The van der Waals surface area contributed by atoms with Gasteiger partial charge >= 0.3 is 0 Å². The van der Waals surface area contributed by atoms with E-state index < -0.39 is 5.92 Å². The van der Waals surface area contributed by atoms with Crippen LogP contribution >= 0.6 is 11.8 Å². The van der Waals surface area contributed by atoms with Gasteiger partial charge in [-0.1, -0.05) is 50.2 Å². The summed E-state index contributed by atoms with van der Waals surface area (Å²) in [5, 5.41) is 9.07. The van der Waals surface area contributed by atoms with Gasteiger partial charge in [0.1, 0.15) is 24.9 Å². The standard InChI is InChI=1S/C20H34N2O3S/c1-6-10-17(21-24-8-3)20-18(22-25-11-7-2)13-16(14-19(20)23)12-15(5)26-9-4/h7,15-16,20H,2,6,8-14H2,1,3-5H3. The minimum atomic E-state index is -0.406. The fourth-order valence-electron chi connectivity index (χ4n) is 3.35. The predicted octanol–water partition coefficient (Wildman–Crippen LogP) is 4.86. The summed E-state index contributed by atoms with van der Waals surface area (Å²) in [6.45, 7) is 12.8. The van der Waals surface area contributed by atoms with E-state index in [9.17, 15) is 4.79 Å². The summed E-state index contributed by atoms with van der Waals surface area (Å²) in [6, 6.07) is 0. The molecule has 0 aromatic heterocycles. The molecule has 0 radical (unpaired) electrons. The molecular formula is C20H34N2O3S. The van der Waals surface area contributed by atoms with E-state index in [-0.39, 0.29) is 5.78 Å².